The first-order chi connectivity index (χ1) is 12.0. The van der Waals surface area contributed by atoms with Gasteiger partial charge in [-0.1, -0.05) is 36.4 Å². The Morgan fingerprint density at radius 2 is 1.88 bits per heavy atom. The average molecular weight is 336 g/mol. The highest BCUT2D eigenvalue weighted by molar-refractivity contribution is 6.09. The molecule has 4 heteroatoms. The van der Waals surface area contributed by atoms with Gasteiger partial charge in [0.25, 0.3) is 5.91 Å². The molecule has 0 aliphatic carbocycles. The zero-order chi connectivity index (χ0) is 17.8. The molecule has 0 saturated heterocycles. The van der Waals surface area contributed by atoms with Gasteiger partial charge in [0.05, 0.1) is 5.69 Å². The molecule has 2 aromatic rings. The molecule has 3 rings (SSSR count). The minimum absolute atomic E-state index is 0.0827. The van der Waals surface area contributed by atoms with Gasteiger partial charge in [-0.2, -0.15) is 0 Å². The molecule has 25 heavy (non-hydrogen) atoms. The van der Waals surface area contributed by atoms with E-state index in [0.29, 0.717) is 12.3 Å². The number of carbonyl (C=O) groups is 1. The number of nitrogens with zero attached hydrogens (tertiary/aromatic N) is 2. The zero-order valence-electron chi connectivity index (χ0n) is 15.0. The van der Waals surface area contributed by atoms with Crippen molar-refractivity contribution >= 4 is 17.7 Å². The lowest BCUT2D eigenvalue weighted by Crippen LogP contribution is -2.39. The molecule has 0 saturated carbocycles. The third kappa shape index (κ3) is 4.09. The Balaban J connectivity index is 1.93. The highest BCUT2D eigenvalue weighted by Gasteiger charge is 2.30. The monoisotopic (exact) mass is 336 g/mol. The number of carbonyl (C=O) groups excluding carboxylic acids is 1. The fourth-order valence-electron chi connectivity index (χ4n) is 2.89. The number of hydrogen-bond acceptors (Lipinski definition) is 3. The van der Waals surface area contributed by atoms with E-state index in [1.807, 2.05) is 80.5 Å². The average Bonchev–Trinajstić information content (AvgIpc) is 2.59. The highest BCUT2D eigenvalue weighted by atomic mass is 16.5. The molecule has 0 spiro atoms. The van der Waals surface area contributed by atoms with E-state index < -0.39 is 0 Å². The fraction of sp³-hybridized carbons (Fsp3) is 0.286. The lowest BCUT2D eigenvalue weighted by Gasteiger charge is -2.31. The van der Waals surface area contributed by atoms with E-state index in [-0.39, 0.29) is 5.91 Å². The predicted octanol–water partition coefficient (Wildman–Crippen LogP) is 3.71. The largest absolute Gasteiger partial charge is 0.449 e. The van der Waals surface area contributed by atoms with E-state index in [2.05, 4.69) is 4.90 Å². The molecule has 4 nitrogen and oxygen atoms in total. The molecular weight excluding hydrogens is 312 g/mol. The Bertz CT molecular complexity index is 782. The molecule has 0 radical (unpaired) electrons. The van der Waals surface area contributed by atoms with Gasteiger partial charge in [0.15, 0.2) is 11.5 Å². The maximum absolute atomic E-state index is 13.0. The standard InChI is InChI=1S/C21H24N2O2/c1-16-10-11-19-18(14-16)23(13-7-12-22(2)3)21(24)20(25-19)15-17-8-5-4-6-9-17/h4-6,8-11,14-15H,7,12-13H2,1-3H3/b20-15-. The normalized spacial score (nSPS) is 15.4. The molecule has 1 heterocycles. The van der Waals surface area contributed by atoms with Crippen LogP contribution >= 0.6 is 0 Å². The summed E-state index contributed by atoms with van der Waals surface area (Å²) in [6.45, 7) is 3.63. The molecular formula is C21H24N2O2. The summed E-state index contributed by atoms with van der Waals surface area (Å²) in [4.78, 5) is 17.0. The second-order valence-corrected chi connectivity index (χ2v) is 6.61. The number of fused-ring (bicyclic) bond motifs is 1. The minimum Gasteiger partial charge on any atom is -0.449 e. The fourth-order valence-corrected chi connectivity index (χ4v) is 2.89. The van der Waals surface area contributed by atoms with Crippen LogP contribution in [-0.2, 0) is 4.79 Å². The number of benzene rings is 2. The van der Waals surface area contributed by atoms with E-state index in [1.54, 1.807) is 0 Å². The Labute approximate surface area is 149 Å². The van der Waals surface area contributed by atoms with Crippen LogP contribution in [0.15, 0.2) is 54.3 Å². The number of hydrogen-bond donors (Lipinski definition) is 0. The molecule has 1 amide bonds. The van der Waals surface area contributed by atoms with Gasteiger partial charge in [-0.15, -0.1) is 0 Å². The van der Waals surface area contributed by atoms with E-state index in [9.17, 15) is 4.79 Å². The first-order valence-electron chi connectivity index (χ1n) is 8.56. The van der Waals surface area contributed by atoms with Crippen LogP contribution in [0.5, 0.6) is 5.75 Å². The Morgan fingerprint density at radius 3 is 2.60 bits per heavy atom. The van der Waals surface area contributed by atoms with Crippen LogP contribution in [0.25, 0.3) is 6.08 Å². The molecule has 0 aromatic heterocycles. The summed E-state index contributed by atoms with van der Waals surface area (Å²) in [5.41, 5.74) is 2.92. The lowest BCUT2D eigenvalue weighted by molar-refractivity contribution is -0.117. The van der Waals surface area contributed by atoms with Gasteiger partial charge in [-0.3, -0.25) is 4.79 Å². The van der Waals surface area contributed by atoms with Crippen molar-refractivity contribution in [3.8, 4) is 5.75 Å². The molecule has 0 unspecified atom stereocenters. The van der Waals surface area contributed by atoms with Crippen LogP contribution in [0.2, 0.25) is 0 Å². The second-order valence-electron chi connectivity index (χ2n) is 6.61. The van der Waals surface area contributed by atoms with E-state index in [0.717, 1.165) is 35.5 Å². The number of amides is 1. The molecule has 0 fully saturated rings. The van der Waals surface area contributed by atoms with Crippen molar-refractivity contribution in [1.29, 1.82) is 0 Å². The van der Waals surface area contributed by atoms with Crippen molar-refractivity contribution in [3.63, 3.8) is 0 Å². The molecule has 130 valence electrons. The van der Waals surface area contributed by atoms with Crippen molar-refractivity contribution < 1.29 is 9.53 Å². The van der Waals surface area contributed by atoms with Gasteiger partial charge in [0.1, 0.15) is 0 Å². The van der Waals surface area contributed by atoms with Crippen LogP contribution in [0.1, 0.15) is 17.5 Å². The molecule has 1 aliphatic rings. The van der Waals surface area contributed by atoms with E-state index in [4.69, 9.17) is 4.74 Å². The van der Waals surface area contributed by atoms with Crippen LogP contribution < -0.4 is 9.64 Å². The summed E-state index contributed by atoms with van der Waals surface area (Å²) in [6.07, 6.45) is 2.72. The Kier molecular flexibility index (Phi) is 5.19. The van der Waals surface area contributed by atoms with Crippen LogP contribution in [0, 0.1) is 6.92 Å². The smallest absolute Gasteiger partial charge is 0.294 e. The Morgan fingerprint density at radius 1 is 1.12 bits per heavy atom. The maximum atomic E-state index is 13.0. The van der Waals surface area contributed by atoms with Crippen LogP contribution in [-0.4, -0.2) is 38.0 Å². The summed E-state index contributed by atoms with van der Waals surface area (Å²) in [5.74, 6) is 1.02. The summed E-state index contributed by atoms with van der Waals surface area (Å²) in [5, 5.41) is 0. The molecule has 0 atom stereocenters. The van der Waals surface area contributed by atoms with E-state index >= 15 is 0 Å². The maximum Gasteiger partial charge on any atom is 0.294 e. The lowest BCUT2D eigenvalue weighted by atomic mass is 10.1. The van der Waals surface area contributed by atoms with Crippen molar-refractivity contribution in [2.24, 2.45) is 0 Å². The third-order valence-corrected chi connectivity index (χ3v) is 4.17. The third-order valence-electron chi connectivity index (χ3n) is 4.17. The number of anilines is 1. The first kappa shape index (κ1) is 17.2. The van der Waals surface area contributed by atoms with Crippen molar-refractivity contribution in [1.82, 2.24) is 4.90 Å². The van der Waals surface area contributed by atoms with Crippen LogP contribution in [0.4, 0.5) is 5.69 Å². The predicted molar refractivity (Wildman–Crippen MR) is 102 cm³/mol. The quantitative estimate of drug-likeness (QED) is 0.780. The SMILES string of the molecule is Cc1ccc2c(c1)N(CCCN(C)C)C(=O)/C(=C/c1ccccc1)O2. The number of rotatable bonds is 5. The summed E-state index contributed by atoms with van der Waals surface area (Å²) in [6, 6.07) is 15.7. The number of ether oxygens (including phenoxy) is 1. The molecule has 2 aromatic carbocycles. The zero-order valence-corrected chi connectivity index (χ0v) is 15.0. The van der Waals surface area contributed by atoms with Gasteiger partial charge in [-0.05, 0) is 63.3 Å². The Hall–Kier alpha value is -2.59. The first-order valence-corrected chi connectivity index (χ1v) is 8.56. The van der Waals surface area contributed by atoms with Gasteiger partial charge in [0.2, 0.25) is 0 Å². The summed E-state index contributed by atoms with van der Waals surface area (Å²) in [7, 11) is 4.08. The van der Waals surface area contributed by atoms with E-state index in [1.165, 1.54) is 0 Å². The molecule has 0 N–H and O–H groups in total. The highest BCUT2D eigenvalue weighted by Crippen LogP contribution is 2.36. The van der Waals surface area contributed by atoms with Crippen molar-refractivity contribution in [2.75, 3.05) is 32.1 Å². The van der Waals surface area contributed by atoms with Crippen LogP contribution in [0.3, 0.4) is 0 Å². The van der Waals surface area contributed by atoms with Gasteiger partial charge >= 0.3 is 0 Å². The summed E-state index contributed by atoms with van der Waals surface area (Å²) >= 11 is 0. The van der Waals surface area contributed by atoms with Gasteiger partial charge in [-0.25, -0.2) is 0 Å². The summed E-state index contributed by atoms with van der Waals surface area (Å²) < 4.78 is 5.92. The second kappa shape index (κ2) is 7.53. The number of aryl methyl sites for hydroxylation is 1. The molecule has 1 aliphatic heterocycles. The van der Waals surface area contributed by atoms with Crippen molar-refractivity contribution in [3.05, 3.63) is 65.4 Å². The van der Waals surface area contributed by atoms with Gasteiger partial charge < -0.3 is 14.5 Å². The van der Waals surface area contributed by atoms with Gasteiger partial charge in [0, 0.05) is 6.54 Å². The van der Waals surface area contributed by atoms with Crippen molar-refractivity contribution in [2.45, 2.75) is 13.3 Å². The molecule has 0 bridgehead atoms. The topological polar surface area (TPSA) is 32.8 Å². The minimum atomic E-state index is -0.0827.